The molecule has 19 heavy (non-hydrogen) atoms. The molecular weight excluding hydrogens is 279 g/mol. The van der Waals surface area contributed by atoms with Crippen molar-refractivity contribution >= 4 is 23.2 Å². The van der Waals surface area contributed by atoms with Crippen molar-refractivity contribution < 1.29 is 0 Å². The molecule has 0 fully saturated rings. The van der Waals surface area contributed by atoms with Crippen LogP contribution in [-0.4, -0.2) is 11.5 Å². The van der Waals surface area contributed by atoms with Crippen molar-refractivity contribution in [1.82, 2.24) is 10.3 Å². The molecule has 1 N–H and O–H groups in total. The van der Waals surface area contributed by atoms with Gasteiger partial charge in [0.2, 0.25) is 0 Å². The van der Waals surface area contributed by atoms with Crippen LogP contribution in [0.25, 0.3) is 0 Å². The number of aromatic nitrogens is 1. The molecule has 0 aliphatic rings. The largest absolute Gasteiger partial charge is 0.310 e. The lowest BCUT2D eigenvalue weighted by Crippen LogP contribution is -2.23. The monoisotopic (exact) mass is 294 g/mol. The van der Waals surface area contributed by atoms with E-state index in [1.807, 2.05) is 30.3 Å². The number of rotatable bonds is 5. The molecule has 1 aromatic heterocycles. The normalized spacial score (nSPS) is 12.4. The maximum absolute atomic E-state index is 6.17. The summed E-state index contributed by atoms with van der Waals surface area (Å²) >= 11 is 12.1. The van der Waals surface area contributed by atoms with Crippen LogP contribution in [0.5, 0.6) is 0 Å². The van der Waals surface area contributed by atoms with Gasteiger partial charge in [0, 0.05) is 23.5 Å². The third kappa shape index (κ3) is 3.93. The summed E-state index contributed by atoms with van der Waals surface area (Å²) < 4.78 is 0. The van der Waals surface area contributed by atoms with Crippen LogP contribution in [0.4, 0.5) is 0 Å². The van der Waals surface area contributed by atoms with Gasteiger partial charge in [-0.25, -0.2) is 0 Å². The molecule has 0 bridgehead atoms. The number of nitrogens with one attached hydrogen (secondary N) is 1. The van der Waals surface area contributed by atoms with Gasteiger partial charge in [-0.1, -0.05) is 42.3 Å². The molecule has 2 aromatic rings. The van der Waals surface area contributed by atoms with Gasteiger partial charge in [-0.2, -0.15) is 0 Å². The van der Waals surface area contributed by atoms with E-state index in [2.05, 4.69) is 17.2 Å². The van der Waals surface area contributed by atoms with Crippen LogP contribution in [0.15, 0.2) is 42.7 Å². The number of hydrogen-bond donors (Lipinski definition) is 1. The Morgan fingerprint density at radius 1 is 1.16 bits per heavy atom. The molecule has 0 radical (unpaired) electrons. The SMILES string of the molecule is CCNC(Cc1ccncc1Cl)c1ccc(Cl)cc1. The maximum Gasteiger partial charge on any atom is 0.0622 e. The molecule has 1 unspecified atom stereocenters. The molecule has 0 saturated carbocycles. The average molecular weight is 295 g/mol. The summed E-state index contributed by atoms with van der Waals surface area (Å²) in [6.45, 7) is 2.99. The Morgan fingerprint density at radius 3 is 2.53 bits per heavy atom. The second-order valence-electron chi connectivity index (χ2n) is 4.33. The molecule has 0 aliphatic carbocycles. The van der Waals surface area contributed by atoms with Gasteiger partial charge in [-0.05, 0) is 42.3 Å². The van der Waals surface area contributed by atoms with Crippen LogP contribution in [0.2, 0.25) is 10.0 Å². The van der Waals surface area contributed by atoms with Gasteiger partial charge in [0.15, 0.2) is 0 Å². The number of benzene rings is 1. The molecule has 0 aliphatic heterocycles. The van der Waals surface area contributed by atoms with Crippen LogP contribution in [-0.2, 0) is 6.42 Å². The molecule has 2 nitrogen and oxygen atoms in total. The minimum absolute atomic E-state index is 0.224. The van der Waals surface area contributed by atoms with E-state index in [9.17, 15) is 0 Å². The van der Waals surface area contributed by atoms with E-state index in [0.29, 0.717) is 5.02 Å². The van der Waals surface area contributed by atoms with Crippen molar-refractivity contribution in [2.45, 2.75) is 19.4 Å². The Labute approximate surface area is 123 Å². The number of pyridine rings is 1. The zero-order valence-corrected chi connectivity index (χ0v) is 12.2. The fraction of sp³-hybridized carbons (Fsp3) is 0.267. The Hall–Kier alpha value is -1.09. The van der Waals surface area contributed by atoms with Gasteiger partial charge >= 0.3 is 0 Å². The number of hydrogen-bond acceptors (Lipinski definition) is 2. The second kappa shape index (κ2) is 6.90. The van der Waals surface area contributed by atoms with Gasteiger partial charge in [0.1, 0.15) is 0 Å². The van der Waals surface area contributed by atoms with E-state index in [0.717, 1.165) is 23.6 Å². The molecule has 0 saturated heterocycles. The van der Waals surface area contributed by atoms with Crippen molar-refractivity contribution in [3.05, 3.63) is 63.9 Å². The zero-order valence-electron chi connectivity index (χ0n) is 10.7. The van der Waals surface area contributed by atoms with Crippen LogP contribution >= 0.6 is 23.2 Å². The molecule has 0 spiro atoms. The highest BCUT2D eigenvalue weighted by Crippen LogP contribution is 2.23. The summed E-state index contributed by atoms with van der Waals surface area (Å²) in [6.07, 6.45) is 4.28. The standard InChI is InChI=1S/C15H16Cl2N2/c1-2-19-15(11-3-5-13(16)6-4-11)9-12-7-8-18-10-14(12)17/h3-8,10,15,19H,2,9H2,1H3. The third-order valence-electron chi connectivity index (χ3n) is 3.00. The van der Waals surface area contributed by atoms with E-state index in [-0.39, 0.29) is 6.04 Å². The van der Waals surface area contributed by atoms with E-state index in [1.165, 1.54) is 5.56 Å². The molecule has 1 aromatic carbocycles. The zero-order chi connectivity index (χ0) is 13.7. The van der Waals surface area contributed by atoms with Gasteiger partial charge in [0.05, 0.1) is 5.02 Å². The summed E-state index contributed by atoms with van der Waals surface area (Å²) in [6, 6.07) is 10.1. The molecule has 4 heteroatoms. The fourth-order valence-electron chi connectivity index (χ4n) is 2.04. The van der Waals surface area contributed by atoms with Crippen molar-refractivity contribution in [2.75, 3.05) is 6.54 Å². The van der Waals surface area contributed by atoms with E-state index >= 15 is 0 Å². The summed E-state index contributed by atoms with van der Waals surface area (Å²) in [4.78, 5) is 4.01. The minimum atomic E-state index is 0.224. The van der Waals surface area contributed by atoms with Gasteiger partial charge in [-0.15, -0.1) is 0 Å². The smallest absolute Gasteiger partial charge is 0.0622 e. The summed E-state index contributed by atoms with van der Waals surface area (Å²) in [5.74, 6) is 0. The highest BCUT2D eigenvalue weighted by atomic mass is 35.5. The minimum Gasteiger partial charge on any atom is -0.310 e. The quantitative estimate of drug-likeness (QED) is 0.890. The van der Waals surface area contributed by atoms with Gasteiger partial charge in [-0.3, -0.25) is 4.98 Å². The van der Waals surface area contributed by atoms with E-state index in [1.54, 1.807) is 12.4 Å². The highest BCUT2D eigenvalue weighted by molar-refractivity contribution is 6.31. The summed E-state index contributed by atoms with van der Waals surface area (Å²) in [5, 5.41) is 4.93. The lowest BCUT2D eigenvalue weighted by molar-refractivity contribution is 0.549. The van der Waals surface area contributed by atoms with Gasteiger partial charge < -0.3 is 5.32 Å². The van der Waals surface area contributed by atoms with Crippen LogP contribution in [0.3, 0.4) is 0 Å². The first-order chi connectivity index (χ1) is 9.20. The van der Waals surface area contributed by atoms with E-state index < -0.39 is 0 Å². The Bertz CT molecular complexity index is 526. The Balaban J connectivity index is 2.21. The van der Waals surface area contributed by atoms with Crippen LogP contribution in [0, 0.1) is 0 Å². The first kappa shape index (κ1) is 14.3. The topological polar surface area (TPSA) is 24.9 Å². The van der Waals surface area contributed by atoms with Crippen molar-refractivity contribution in [3.63, 3.8) is 0 Å². The second-order valence-corrected chi connectivity index (χ2v) is 5.18. The predicted molar refractivity (Wildman–Crippen MR) is 80.8 cm³/mol. The maximum atomic E-state index is 6.17. The Kier molecular flexibility index (Phi) is 5.20. The highest BCUT2D eigenvalue weighted by Gasteiger charge is 2.12. The Morgan fingerprint density at radius 2 is 1.89 bits per heavy atom. The van der Waals surface area contributed by atoms with Crippen molar-refractivity contribution in [1.29, 1.82) is 0 Å². The summed E-state index contributed by atoms with van der Waals surface area (Å²) in [7, 11) is 0. The van der Waals surface area contributed by atoms with Crippen molar-refractivity contribution in [2.24, 2.45) is 0 Å². The van der Waals surface area contributed by atoms with Gasteiger partial charge in [0.25, 0.3) is 0 Å². The first-order valence-electron chi connectivity index (χ1n) is 6.28. The lowest BCUT2D eigenvalue weighted by atomic mass is 9.99. The van der Waals surface area contributed by atoms with E-state index in [4.69, 9.17) is 23.2 Å². The molecular formula is C15H16Cl2N2. The van der Waals surface area contributed by atoms with Crippen LogP contribution < -0.4 is 5.32 Å². The number of halogens is 2. The molecule has 1 atom stereocenters. The molecule has 2 rings (SSSR count). The average Bonchev–Trinajstić information content (AvgIpc) is 2.42. The lowest BCUT2D eigenvalue weighted by Gasteiger charge is -2.19. The fourth-order valence-corrected chi connectivity index (χ4v) is 2.36. The first-order valence-corrected chi connectivity index (χ1v) is 7.03. The number of nitrogens with zero attached hydrogens (tertiary/aromatic N) is 1. The third-order valence-corrected chi connectivity index (χ3v) is 3.60. The predicted octanol–water partition coefficient (Wildman–Crippen LogP) is 4.28. The number of likely N-dealkylation sites (N-methyl/N-ethyl adjacent to an activating group) is 1. The van der Waals surface area contributed by atoms with Crippen molar-refractivity contribution in [3.8, 4) is 0 Å². The molecule has 100 valence electrons. The molecule has 1 heterocycles. The van der Waals surface area contributed by atoms with Crippen LogP contribution in [0.1, 0.15) is 24.1 Å². The molecule has 0 amide bonds. The summed E-state index contributed by atoms with van der Waals surface area (Å²) in [5.41, 5.74) is 2.30.